The Bertz CT molecular complexity index is 327. The Hall–Kier alpha value is -0.130. The molecule has 0 aliphatic heterocycles. The molecule has 0 aliphatic rings. The lowest BCUT2D eigenvalue weighted by Gasteiger charge is -2.16. The third-order valence-electron chi connectivity index (χ3n) is 4.01. The van der Waals surface area contributed by atoms with Crippen LogP contribution in [0.4, 0.5) is 0 Å². The number of aliphatic hydroxyl groups excluding tert-OH is 1. The lowest BCUT2D eigenvalue weighted by molar-refractivity contribution is 0.147. The number of rotatable bonds is 14. The fourth-order valence-electron chi connectivity index (χ4n) is 2.56. The predicted octanol–water partition coefficient (Wildman–Crippen LogP) is 4.32. The summed E-state index contributed by atoms with van der Waals surface area (Å²) >= 11 is 0. The maximum absolute atomic E-state index is 11.3. The van der Waals surface area contributed by atoms with Gasteiger partial charge < -0.3 is 5.11 Å². The van der Waals surface area contributed by atoms with Crippen molar-refractivity contribution in [1.82, 2.24) is 0 Å². The molecule has 0 rings (SSSR count). The molecule has 128 valence electrons. The summed E-state index contributed by atoms with van der Waals surface area (Å²) in [5.41, 5.74) is 0. The predicted molar refractivity (Wildman–Crippen MR) is 88.1 cm³/mol. The second-order valence-corrected chi connectivity index (χ2v) is 7.76. The van der Waals surface area contributed by atoms with E-state index in [-0.39, 0.29) is 0 Å². The number of aliphatic hydroxyl groups is 1. The third kappa shape index (κ3) is 12.1. The van der Waals surface area contributed by atoms with Crippen molar-refractivity contribution < 1.29 is 18.1 Å². The highest BCUT2D eigenvalue weighted by molar-refractivity contribution is 7.86. The first-order chi connectivity index (χ1) is 9.91. The summed E-state index contributed by atoms with van der Waals surface area (Å²) in [7, 11) is -3.98. The highest BCUT2D eigenvalue weighted by Crippen LogP contribution is 2.18. The lowest BCUT2D eigenvalue weighted by atomic mass is 10.0. The average Bonchev–Trinajstić information content (AvgIpc) is 2.41. The maximum Gasteiger partial charge on any atom is 0.267 e. The number of unbranched alkanes of at least 4 members (excludes halogenated alkanes) is 6. The molecule has 0 amide bonds. The maximum atomic E-state index is 11.3. The van der Waals surface area contributed by atoms with Gasteiger partial charge >= 0.3 is 0 Å². The molecular weight excluding hydrogens is 288 g/mol. The van der Waals surface area contributed by atoms with Crippen LogP contribution in [0.1, 0.15) is 90.9 Å². The van der Waals surface area contributed by atoms with Gasteiger partial charge in [-0.25, -0.2) is 0 Å². The Balaban J connectivity index is 3.84. The van der Waals surface area contributed by atoms with Gasteiger partial charge in [-0.05, 0) is 25.7 Å². The van der Waals surface area contributed by atoms with Crippen molar-refractivity contribution in [1.29, 1.82) is 0 Å². The molecule has 0 spiro atoms. The Kier molecular flexibility index (Phi) is 12.3. The molecule has 0 saturated heterocycles. The van der Waals surface area contributed by atoms with Crippen molar-refractivity contribution in [3.63, 3.8) is 0 Å². The summed E-state index contributed by atoms with van der Waals surface area (Å²) < 4.78 is 31.8. The van der Waals surface area contributed by atoms with Crippen molar-refractivity contribution in [2.24, 2.45) is 0 Å². The van der Waals surface area contributed by atoms with E-state index in [1.807, 2.05) is 6.92 Å². The zero-order valence-corrected chi connectivity index (χ0v) is 14.6. The molecule has 0 aromatic carbocycles. The van der Waals surface area contributed by atoms with Crippen molar-refractivity contribution in [3.8, 4) is 0 Å². The minimum atomic E-state index is -3.98. The van der Waals surface area contributed by atoms with Crippen LogP contribution in [0.5, 0.6) is 0 Å². The van der Waals surface area contributed by atoms with E-state index in [0.29, 0.717) is 19.3 Å². The van der Waals surface area contributed by atoms with E-state index in [4.69, 9.17) is 0 Å². The Labute approximate surface area is 131 Å². The molecule has 0 aromatic rings. The van der Waals surface area contributed by atoms with Crippen molar-refractivity contribution >= 4 is 10.1 Å². The van der Waals surface area contributed by atoms with Gasteiger partial charge in [0.05, 0.1) is 11.4 Å². The van der Waals surface area contributed by atoms with Gasteiger partial charge in [0.25, 0.3) is 10.1 Å². The van der Waals surface area contributed by atoms with Gasteiger partial charge in [-0.2, -0.15) is 8.42 Å². The first-order valence-corrected chi connectivity index (χ1v) is 10.1. The van der Waals surface area contributed by atoms with E-state index in [1.54, 1.807) is 0 Å². The van der Waals surface area contributed by atoms with Gasteiger partial charge in [-0.3, -0.25) is 4.55 Å². The molecule has 2 atom stereocenters. The summed E-state index contributed by atoms with van der Waals surface area (Å²) in [6, 6.07) is 0. The van der Waals surface area contributed by atoms with E-state index in [2.05, 4.69) is 6.92 Å². The van der Waals surface area contributed by atoms with Gasteiger partial charge in [-0.15, -0.1) is 0 Å². The van der Waals surface area contributed by atoms with Gasteiger partial charge in [0.1, 0.15) is 0 Å². The second kappa shape index (κ2) is 12.4. The van der Waals surface area contributed by atoms with Crippen LogP contribution in [0.3, 0.4) is 0 Å². The number of hydrogen-bond donors (Lipinski definition) is 2. The molecule has 5 heteroatoms. The molecule has 21 heavy (non-hydrogen) atoms. The van der Waals surface area contributed by atoms with E-state index in [0.717, 1.165) is 32.1 Å². The van der Waals surface area contributed by atoms with E-state index in [9.17, 15) is 18.1 Å². The van der Waals surface area contributed by atoms with E-state index in [1.165, 1.54) is 25.7 Å². The molecule has 0 heterocycles. The van der Waals surface area contributed by atoms with Gasteiger partial charge in [-0.1, -0.05) is 65.2 Å². The SMILES string of the molecule is CCCCCCCCC(O)CCC(CCCC)S(=O)(=O)O. The summed E-state index contributed by atoms with van der Waals surface area (Å²) in [6.45, 7) is 4.18. The zero-order chi connectivity index (χ0) is 16.1. The highest BCUT2D eigenvalue weighted by Gasteiger charge is 2.23. The standard InChI is InChI=1S/C16H34O4S/c1-3-5-7-8-9-10-11-15(17)13-14-16(12-6-4-2)21(18,19)20/h15-17H,3-14H2,1-2H3,(H,18,19,20). The summed E-state index contributed by atoms with van der Waals surface area (Å²) in [6.07, 6.45) is 10.4. The molecule has 0 aliphatic carbocycles. The van der Waals surface area contributed by atoms with Crippen LogP contribution in [0.25, 0.3) is 0 Å². The largest absolute Gasteiger partial charge is 0.393 e. The summed E-state index contributed by atoms with van der Waals surface area (Å²) in [5.74, 6) is 0. The Morgan fingerprint density at radius 3 is 1.90 bits per heavy atom. The van der Waals surface area contributed by atoms with Crippen LogP contribution in [0.2, 0.25) is 0 Å². The minimum absolute atomic E-state index is 0.357. The first kappa shape index (κ1) is 20.9. The molecule has 0 fully saturated rings. The zero-order valence-electron chi connectivity index (χ0n) is 13.8. The number of hydrogen-bond acceptors (Lipinski definition) is 3. The topological polar surface area (TPSA) is 74.6 Å². The molecule has 2 N–H and O–H groups in total. The van der Waals surface area contributed by atoms with Crippen LogP contribution in [-0.2, 0) is 10.1 Å². The van der Waals surface area contributed by atoms with Crippen molar-refractivity contribution in [3.05, 3.63) is 0 Å². The average molecular weight is 323 g/mol. The van der Waals surface area contributed by atoms with Crippen molar-refractivity contribution in [2.75, 3.05) is 0 Å². The fourth-order valence-corrected chi connectivity index (χ4v) is 3.46. The molecular formula is C16H34O4S. The smallest absolute Gasteiger partial charge is 0.267 e. The van der Waals surface area contributed by atoms with Crippen LogP contribution < -0.4 is 0 Å². The van der Waals surface area contributed by atoms with E-state index >= 15 is 0 Å². The normalized spacial score (nSPS) is 15.0. The molecule has 4 nitrogen and oxygen atoms in total. The quantitative estimate of drug-likeness (QED) is 0.369. The highest BCUT2D eigenvalue weighted by atomic mass is 32.2. The third-order valence-corrected chi connectivity index (χ3v) is 5.33. The molecule has 0 saturated carbocycles. The van der Waals surface area contributed by atoms with Crippen LogP contribution in [-0.4, -0.2) is 29.4 Å². The van der Waals surface area contributed by atoms with Crippen molar-refractivity contribution in [2.45, 2.75) is 102 Å². The van der Waals surface area contributed by atoms with E-state index < -0.39 is 21.5 Å². The monoisotopic (exact) mass is 322 g/mol. The lowest BCUT2D eigenvalue weighted by Crippen LogP contribution is -2.22. The summed E-state index contributed by atoms with van der Waals surface area (Å²) in [5, 5.41) is 9.20. The van der Waals surface area contributed by atoms with Gasteiger partial charge in [0, 0.05) is 0 Å². The second-order valence-electron chi connectivity index (χ2n) is 6.07. The Morgan fingerprint density at radius 1 is 0.762 bits per heavy atom. The molecule has 2 unspecified atom stereocenters. The van der Waals surface area contributed by atoms with Gasteiger partial charge in [0.15, 0.2) is 0 Å². The summed E-state index contributed by atoms with van der Waals surface area (Å²) in [4.78, 5) is 0. The minimum Gasteiger partial charge on any atom is -0.393 e. The van der Waals surface area contributed by atoms with Gasteiger partial charge in [0.2, 0.25) is 0 Å². The first-order valence-electron chi connectivity index (χ1n) is 8.56. The fraction of sp³-hybridized carbons (Fsp3) is 1.00. The van der Waals surface area contributed by atoms with Crippen LogP contribution >= 0.6 is 0 Å². The van der Waals surface area contributed by atoms with Crippen LogP contribution in [0.15, 0.2) is 0 Å². The molecule has 0 radical (unpaired) electrons. The van der Waals surface area contributed by atoms with Crippen LogP contribution in [0, 0.1) is 0 Å². The molecule has 0 aromatic heterocycles. The Morgan fingerprint density at radius 2 is 1.33 bits per heavy atom. The molecule has 0 bridgehead atoms.